The number of ether oxygens (including phenoxy) is 1. The highest BCUT2D eigenvalue weighted by Gasteiger charge is 2.46. The van der Waals surface area contributed by atoms with E-state index in [1.54, 1.807) is 24.3 Å². The molecule has 40 heavy (non-hydrogen) atoms. The van der Waals surface area contributed by atoms with Crippen LogP contribution in [0.2, 0.25) is 0 Å². The first-order valence-corrected chi connectivity index (χ1v) is 13.2. The summed E-state index contributed by atoms with van der Waals surface area (Å²) in [6, 6.07) is 26.0. The molecule has 4 aromatic carbocycles. The lowest BCUT2D eigenvalue weighted by Gasteiger charge is -2.43. The summed E-state index contributed by atoms with van der Waals surface area (Å²) in [6.45, 7) is -0.625. The quantitative estimate of drug-likeness (QED) is 0.197. The van der Waals surface area contributed by atoms with Gasteiger partial charge in [0.2, 0.25) is 0 Å². The number of hydrogen-bond acceptors (Lipinski definition) is 7. The molecule has 208 valence electrons. The normalized spacial score (nSPS) is 22.9. The maximum absolute atomic E-state index is 13.0. The summed E-state index contributed by atoms with van der Waals surface area (Å²) >= 11 is 0. The molecule has 0 saturated carbocycles. The minimum atomic E-state index is -1.58. The van der Waals surface area contributed by atoms with Crippen LogP contribution in [0, 0.1) is 5.92 Å². The van der Waals surface area contributed by atoms with Crippen LogP contribution in [0.4, 0.5) is 0 Å². The van der Waals surface area contributed by atoms with Crippen molar-refractivity contribution in [3.8, 4) is 0 Å². The lowest BCUT2D eigenvalue weighted by molar-refractivity contribution is -0.240. The van der Waals surface area contributed by atoms with E-state index in [2.05, 4.69) is 10.6 Å². The molecule has 5 rings (SSSR count). The number of benzene rings is 4. The maximum atomic E-state index is 13.0. The summed E-state index contributed by atoms with van der Waals surface area (Å²) in [7, 11) is 0. The van der Waals surface area contributed by atoms with Crippen LogP contribution in [-0.4, -0.2) is 82.5 Å². The van der Waals surface area contributed by atoms with Crippen molar-refractivity contribution >= 4 is 33.4 Å². The molecule has 1 saturated heterocycles. The van der Waals surface area contributed by atoms with E-state index in [1.807, 2.05) is 60.7 Å². The monoisotopic (exact) mass is 544 g/mol. The smallest absolute Gasteiger partial charge is 0.251 e. The number of rotatable bonds is 8. The van der Waals surface area contributed by atoms with Crippen LogP contribution >= 0.6 is 0 Å². The van der Waals surface area contributed by atoms with Gasteiger partial charge < -0.3 is 35.8 Å². The van der Waals surface area contributed by atoms with Crippen molar-refractivity contribution in [1.82, 2.24) is 10.6 Å². The largest absolute Gasteiger partial charge is 0.394 e. The van der Waals surface area contributed by atoms with E-state index in [0.29, 0.717) is 11.1 Å². The molecule has 4 aromatic rings. The van der Waals surface area contributed by atoms with Gasteiger partial charge in [0.05, 0.1) is 12.7 Å². The van der Waals surface area contributed by atoms with Crippen LogP contribution in [0.15, 0.2) is 84.9 Å². The topological polar surface area (TPSA) is 148 Å². The van der Waals surface area contributed by atoms with Crippen molar-refractivity contribution < 1.29 is 34.8 Å². The molecule has 9 nitrogen and oxygen atoms in total. The lowest BCUT2D eigenvalue weighted by Crippen LogP contribution is -2.62. The molecule has 5 atom stereocenters. The van der Waals surface area contributed by atoms with Gasteiger partial charge in [-0.15, -0.1) is 0 Å². The zero-order valence-electron chi connectivity index (χ0n) is 21.7. The minimum Gasteiger partial charge on any atom is -0.394 e. The third-order valence-corrected chi connectivity index (χ3v) is 7.47. The first-order chi connectivity index (χ1) is 19.4. The first-order valence-electron chi connectivity index (χ1n) is 13.2. The Bertz CT molecular complexity index is 1410. The van der Waals surface area contributed by atoms with E-state index < -0.39 is 43.0 Å². The molecule has 0 spiro atoms. The number of aliphatic hydroxyl groups excluding tert-OH is 4. The number of nitrogens with one attached hydrogen (secondary N) is 2. The van der Waals surface area contributed by atoms with E-state index >= 15 is 0 Å². The van der Waals surface area contributed by atoms with Gasteiger partial charge in [-0.05, 0) is 45.8 Å². The summed E-state index contributed by atoms with van der Waals surface area (Å²) in [5, 5.41) is 50.5. The predicted molar refractivity (Wildman–Crippen MR) is 150 cm³/mol. The standard InChI is InChI=1S/C31H32N2O7/c34-17-25-26(35)27(36)28(37)29(40-25)24(15-32-30(38)22-11-9-18-5-1-3-7-20(18)13-22)16-33-31(39)23-12-10-19-6-2-4-8-21(19)14-23/h1-14,24-29,34-37H,15-17H2,(H,32,38)(H,33,39)/t25-,26-,27+,28-,29+/m1/s1. The average Bonchev–Trinajstić information content (AvgIpc) is 2.99. The fourth-order valence-corrected chi connectivity index (χ4v) is 5.14. The van der Waals surface area contributed by atoms with Crippen molar-refractivity contribution in [2.45, 2.75) is 30.5 Å². The molecule has 6 N–H and O–H groups in total. The van der Waals surface area contributed by atoms with E-state index in [1.165, 1.54) is 0 Å². The highest BCUT2D eigenvalue weighted by Crippen LogP contribution is 2.26. The van der Waals surface area contributed by atoms with Gasteiger partial charge in [-0.2, -0.15) is 0 Å². The van der Waals surface area contributed by atoms with Crippen molar-refractivity contribution in [3.63, 3.8) is 0 Å². The lowest BCUT2D eigenvalue weighted by atomic mass is 9.87. The number of aliphatic hydroxyl groups is 4. The predicted octanol–water partition coefficient (Wildman–Crippen LogP) is 1.61. The molecule has 1 aliphatic heterocycles. The van der Waals surface area contributed by atoms with Crippen molar-refractivity contribution in [1.29, 1.82) is 0 Å². The van der Waals surface area contributed by atoms with Gasteiger partial charge in [-0.25, -0.2) is 0 Å². The molecule has 0 unspecified atom stereocenters. The molecule has 1 fully saturated rings. The second-order valence-electron chi connectivity index (χ2n) is 10.1. The van der Waals surface area contributed by atoms with Gasteiger partial charge >= 0.3 is 0 Å². The zero-order valence-corrected chi connectivity index (χ0v) is 21.7. The summed E-state index contributed by atoms with van der Waals surface area (Å²) in [4.78, 5) is 26.1. The summed E-state index contributed by atoms with van der Waals surface area (Å²) in [5.74, 6) is -1.43. The van der Waals surface area contributed by atoms with Gasteiger partial charge in [-0.1, -0.05) is 60.7 Å². The fourth-order valence-electron chi connectivity index (χ4n) is 5.14. The molecule has 0 aromatic heterocycles. The van der Waals surface area contributed by atoms with Crippen LogP contribution in [-0.2, 0) is 4.74 Å². The first kappa shape index (κ1) is 27.7. The maximum Gasteiger partial charge on any atom is 0.251 e. The third-order valence-electron chi connectivity index (χ3n) is 7.47. The van der Waals surface area contributed by atoms with Crippen molar-refractivity contribution in [3.05, 3.63) is 96.1 Å². The summed E-state index contributed by atoms with van der Waals surface area (Å²) in [6.07, 6.45) is -6.82. The minimum absolute atomic E-state index is 0.0215. The molecule has 1 aliphatic rings. The van der Waals surface area contributed by atoms with Crippen molar-refractivity contribution in [2.75, 3.05) is 19.7 Å². The fraction of sp³-hybridized carbons (Fsp3) is 0.290. The number of hydrogen-bond donors (Lipinski definition) is 6. The van der Waals surface area contributed by atoms with Gasteiger partial charge in [-0.3, -0.25) is 9.59 Å². The van der Waals surface area contributed by atoms with Crippen LogP contribution < -0.4 is 10.6 Å². The number of amides is 2. The summed E-state index contributed by atoms with van der Waals surface area (Å²) in [5.41, 5.74) is 0.873. The SMILES string of the molecule is O=C(NCC(CNC(=O)c1ccc2ccccc2c1)[C@@H]1O[C@H](CO)[C@@H](O)[C@H](O)[C@H]1O)c1ccc2ccccc2c1. The Labute approximate surface area is 231 Å². The van der Waals surface area contributed by atoms with Crippen molar-refractivity contribution in [2.24, 2.45) is 5.92 Å². The second kappa shape index (κ2) is 12.1. The van der Waals surface area contributed by atoms with Gasteiger partial charge in [0.1, 0.15) is 24.4 Å². The van der Waals surface area contributed by atoms with Crippen LogP contribution in [0.3, 0.4) is 0 Å². The van der Waals surface area contributed by atoms with Gasteiger partial charge in [0, 0.05) is 30.1 Å². The zero-order chi connectivity index (χ0) is 28.2. The van der Waals surface area contributed by atoms with Crippen LogP contribution in [0.25, 0.3) is 21.5 Å². The van der Waals surface area contributed by atoms with E-state index in [4.69, 9.17) is 4.74 Å². The third kappa shape index (κ3) is 5.84. The molecule has 2 amide bonds. The average molecular weight is 545 g/mol. The second-order valence-corrected chi connectivity index (χ2v) is 10.1. The molecular weight excluding hydrogens is 512 g/mol. The van der Waals surface area contributed by atoms with Gasteiger partial charge in [0.25, 0.3) is 11.8 Å². The molecule has 0 bridgehead atoms. The number of carbonyl (C=O) groups is 2. The highest BCUT2D eigenvalue weighted by molar-refractivity contribution is 5.99. The Balaban J connectivity index is 1.33. The Hall–Kier alpha value is -3.86. The molecular formula is C31H32N2O7. The van der Waals surface area contributed by atoms with Crippen LogP contribution in [0.5, 0.6) is 0 Å². The summed E-state index contributed by atoms with van der Waals surface area (Å²) < 4.78 is 5.77. The van der Waals surface area contributed by atoms with E-state index in [0.717, 1.165) is 21.5 Å². The number of carbonyl (C=O) groups excluding carboxylic acids is 2. The molecule has 9 heteroatoms. The van der Waals surface area contributed by atoms with E-state index in [-0.39, 0.29) is 24.9 Å². The molecule has 1 heterocycles. The Kier molecular flexibility index (Phi) is 8.39. The molecule has 0 aliphatic carbocycles. The number of fused-ring (bicyclic) bond motifs is 2. The highest BCUT2D eigenvalue weighted by atomic mass is 16.5. The molecule has 0 radical (unpaired) electrons. The van der Waals surface area contributed by atoms with E-state index in [9.17, 15) is 30.0 Å². The Morgan fingerprint density at radius 1 is 0.675 bits per heavy atom. The Morgan fingerprint density at radius 2 is 1.15 bits per heavy atom. The van der Waals surface area contributed by atoms with Crippen LogP contribution in [0.1, 0.15) is 20.7 Å². The Morgan fingerprint density at radius 3 is 1.62 bits per heavy atom. The van der Waals surface area contributed by atoms with Gasteiger partial charge in [0.15, 0.2) is 0 Å².